The van der Waals surface area contributed by atoms with Crippen LogP contribution in [0.2, 0.25) is 0 Å². The van der Waals surface area contributed by atoms with Crippen LogP contribution in [0.15, 0.2) is 36.7 Å². The molecule has 1 fully saturated rings. The number of nitrogens with zero attached hydrogens (tertiary/aromatic N) is 2. The van der Waals surface area contributed by atoms with E-state index in [0.29, 0.717) is 19.0 Å². The van der Waals surface area contributed by atoms with Gasteiger partial charge in [-0.3, -0.25) is 4.79 Å². The summed E-state index contributed by atoms with van der Waals surface area (Å²) in [5.74, 6) is 0.717. The summed E-state index contributed by atoms with van der Waals surface area (Å²) in [6.45, 7) is 12.7. The maximum absolute atomic E-state index is 12.3. The van der Waals surface area contributed by atoms with Crippen LogP contribution in [0, 0.1) is 0 Å². The highest BCUT2D eigenvalue weighted by atomic mass is 16.5. The van der Waals surface area contributed by atoms with Crippen molar-refractivity contribution >= 4 is 11.6 Å². The molecule has 6 nitrogen and oxygen atoms in total. The van der Waals surface area contributed by atoms with Crippen molar-refractivity contribution in [1.82, 2.24) is 10.2 Å². The number of carbonyl (C=O) groups excluding carboxylic acids is 1. The number of phenols is 1. The number of hydrogen-bond donors (Lipinski definition) is 2. The van der Waals surface area contributed by atoms with Gasteiger partial charge >= 0.3 is 0 Å². The SMILES string of the molecule is C=C(NCC(=O)N1CCN(c2ccc(O)cc2)CC1)OC(C)(C)C. The molecule has 1 saturated heterocycles. The number of rotatable bonds is 5. The number of amides is 1. The van der Waals surface area contributed by atoms with Gasteiger partial charge in [0.25, 0.3) is 0 Å². The van der Waals surface area contributed by atoms with Crippen molar-refractivity contribution in [2.45, 2.75) is 26.4 Å². The van der Waals surface area contributed by atoms with Crippen molar-refractivity contribution in [2.24, 2.45) is 0 Å². The Kier molecular flexibility index (Phi) is 5.59. The zero-order valence-corrected chi connectivity index (χ0v) is 14.7. The zero-order chi connectivity index (χ0) is 17.7. The van der Waals surface area contributed by atoms with Crippen molar-refractivity contribution in [3.8, 4) is 5.75 Å². The van der Waals surface area contributed by atoms with Gasteiger partial charge in [0.1, 0.15) is 11.4 Å². The third kappa shape index (κ3) is 5.37. The minimum Gasteiger partial charge on any atom is -0.508 e. The second-order valence-corrected chi connectivity index (χ2v) is 6.88. The molecular weight excluding hydrogens is 306 g/mol. The molecule has 1 aliphatic heterocycles. The van der Waals surface area contributed by atoms with E-state index in [9.17, 15) is 9.90 Å². The van der Waals surface area contributed by atoms with Crippen LogP contribution in [-0.4, -0.2) is 54.2 Å². The first-order valence-electron chi connectivity index (χ1n) is 8.18. The summed E-state index contributed by atoms with van der Waals surface area (Å²) in [4.78, 5) is 16.3. The van der Waals surface area contributed by atoms with Crippen molar-refractivity contribution in [3.05, 3.63) is 36.7 Å². The number of aromatic hydroxyl groups is 1. The molecule has 0 spiro atoms. The van der Waals surface area contributed by atoms with Gasteiger partial charge in [-0.05, 0) is 51.6 Å². The number of piperazine rings is 1. The molecule has 1 aliphatic rings. The first kappa shape index (κ1) is 18.0. The Morgan fingerprint density at radius 3 is 2.33 bits per heavy atom. The molecule has 132 valence electrons. The second-order valence-electron chi connectivity index (χ2n) is 6.88. The number of carbonyl (C=O) groups is 1. The van der Waals surface area contributed by atoms with Crippen molar-refractivity contribution < 1.29 is 14.6 Å². The van der Waals surface area contributed by atoms with Crippen LogP contribution in [0.25, 0.3) is 0 Å². The van der Waals surface area contributed by atoms with Gasteiger partial charge < -0.3 is 25.0 Å². The van der Waals surface area contributed by atoms with Gasteiger partial charge in [-0.2, -0.15) is 0 Å². The summed E-state index contributed by atoms with van der Waals surface area (Å²) in [5.41, 5.74) is 0.730. The number of benzene rings is 1. The standard InChI is InChI=1S/C18H27N3O3/c1-14(24-18(2,3)4)19-13-17(23)21-11-9-20(10-12-21)15-5-7-16(22)8-6-15/h5-8,19,22H,1,9-13H2,2-4H3. The predicted molar refractivity (Wildman–Crippen MR) is 94.9 cm³/mol. The van der Waals surface area contributed by atoms with Crippen molar-refractivity contribution in [2.75, 3.05) is 37.6 Å². The molecule has 1 aromatic carbocycles. The van der Waals surface area contributed by atoms with Gasteiger partial charge in [0.2, 0.25) is 5.91 Å². The molecule has 2 N–H and O–H groups in total. The highest BCUT2D eigenvalue weighted by Crippen LogP contribution is 2.19. The monoisotopic (exact) mass is 333 g/mol. The maximum atomic E-state index is 12.3. The largest absolute Gasteiger partial charge is 0.508 e. The fourth-order valence-corrected chi connectivity index (χ4v) is 2.57. The van der Waals surface area contributed by atoms with Gasteiger partial charge in [-0.25, -0.2) is 0 Å². The molecule has 1 amide bonds. The van der Waals surface area contributed by atoms with Crippen LogP contribution in [0.5, 0.6) is 5.75 Å². The highest BCUT2D eigenvalue weighted by molar-refractivity contribution is 5.78. The van der Waals surface area contributed by atoms with E-state index in [1.165, 1.54) is 0 Å². The highest BCUT2D eigenvalue weighted by Gasteiger charge is 2.21. The first-order valence-corrected chi connectivity index (χ1v) is 8.18. The molecule has 0 unspecified atom stereocenters. The third-order valence-electron chi connectivity index (χ3n) is 3.71. The van der Waals surface area contributed by atoms with Gasteiger partial charge in [-0.1, -0.05) is 0 Å². The maximum Gasteiger partial charge on any atom is 0.242 e. The second kappa shape index (κ2) is 7.47. The van der Waals surface area contributed by atoms with E-state index in [0.717, 1.165) is 18.8 Å². The summed E-state index contributed by atoms with van der Waals surface area (Å²) in [6, 6.07) is 7.14. The average Bonchev–Trinajstić information content (AvgIpc) is 2.52. The lowest BCUT2D eigenvalue weighted by Crippen LogP contribution is -2.50. The van der Waals surface area contributed by atoms with E-state index >= 15 is 0 Å². The van der Waals surface area contributed by atoms with Crippen LogP contribution in [-0.2, 0) is 9.53 Å². The summed E-state index contributed by atoms with van der Waals surface area (Å²) in [5, 5.41) is 12.3. The van der Waals surface area contributed by atoms with Crippen LogP contribution in [0.3, 0.4) is 0 Å². The Bertz CT molecular complexity index is 570. The van der Waals surface area contributed by atoms with Crippen LogP contribution in [0.4, 0.5) is 5.69 Å². The topological polar surface area (TPSA) is 65.0 Å². The van der Waals surface area contributed by atoms with Crippen LogP contribution in [0.1, 0.15) is 20.8 Å². The van der Waals surface area contributed by atoms with E-state index < -0.39 is 0 Å². The molecule has 0 saturated carbocycles. The average molecular weight is 333 g/mol. The van der Waals surface area contributed by atoms with E-state index in [1.807, 2.05) is 37.8 Å². The molecule has 0 atom stereocenters. The summed E-state index contributed by atoms with van der Waals surface area (Å²) in [7, 11) is 0. The van der Waals surface area contributed by atoms with Gasteiger partial charge in [0.05, 0.1) is 6.54 Å². The molecule has 0 aromatic heterocycles. The zero-order valence-electron chi connectivity index (χ0n) is 14.7. The molecule has 0 aliphatic carbocycles. The molecule has 24 heavy (non-hydrogen) atoms. The fraction of sp³-hybridized carbons (Fsp3) is 0.500. The Morgan fingerprint density at radius 2 is 1.79 bits per heavy atom. The molecule has 6 heteroatoms. The summed E-state index contributed by atoms with van der Waals surface area (Å²) in [6.07, 6.45) is 0. The quantitative estimate of drug-likeness (QED) is 0.806. The van der Waals surface area contributed by atoms with E-state index in [4.69, 9.17) is 4.74 Å². The molecular formula is C18H27N3O3. The van der Waals surface area contributed by atoms with E-state index in [1.54, 1.807) is 12.1 Å². The molecule has 0 radical (unpaired) electrons. The molecule has 0 bridgehead atoms. The number of ether oxygens (including phenoxy) is 1. The van der Waals surface area contributed by atoms with E-state index in [2.05, 4.69) is 16.8 Å². The number of hydrogen-bond acceptors (Lipinski definition) is 5. The van der Waals surface area contributed by atoms with Gasteiger partial charge in [-0.15, -0.1) is 0 Å². The normalized spacial score (nSPS) is 15.1. The number of anilines is 1. The van der Waals surface area contributed by atoms with Crippen LogP contribution < -0.4 is 10.2 Å². The fourth-order valence-electron chi connectivity index (χ4n) is 2.57. The van der Waals surface area contributed by atoms with Gasteiger partial charge in [0.15, 0.2) is 5.88 Å². The third-order valence-corrected chi connectivity index (χ3v) is 3.71. The lowest BCUT2D eigenvalue weighted by atomic mass is 10.2. The lowest BCUT2D eigenvalue weighted by Gasteiger charge is -2.36. The van der Waals surface area contributed by atoms with Crippen LogP contribution >= 0.6 is 0 Å². The molecule has 1 aromatic rings. The summed E-state index contributed by atoms with van der Waals surface area (Å²) < 4.78 is 5.55. The van der Waals surface area contributed by atoms with E-state index in [-0.39, 0.29) is 23.8 Å². The number of nitrogens with one attached hydrogen (secondary N) is 1. The first-order chi connectivity index (χ1) is 11.2. The Labute approximate surface area is 143 Å². The van der Waals surface area contributed by atoms with Crippen molar-refractivity contribution in [3.63, 3.8) is 0 Å². The Morgan fingerprint density at radius 1 is 1.21 bits per heavy atom. The lowest BCUT2D eigenvalue weighted by molar-refractivity contribution is -0.130. The number of phenolic OH excluding ortho intramolecular Hbond substituents is 1. The Hall–Kier alpha value is -2.37. The van der Waals surface area contributed by atoms with Crippen molar-refractivity contribution in [1.29, 1.82) is 0 Å². The molecule has 2 rings (SSSR count). The minimum atomic E-state index is -0.330. The summed E-state index contributed by atoms with van der Waals surface area (Å²) >= 11 is 0. The Balaban J connectivity index is 1.76. The molecule has 1 heterocycles. The predicted octanol–water partition coefficient (Wildman–Crippen LogP) is 1.92. The van der Waals surface area contributed by atoms with Gasteiger partial charge in [0, 0.05) is 31.9 Å². The smallest absolute Gasteiger partial charge is 0.242 e. The minimum absolute atomic E-state index is 0.0408.